The van der Waals surface area contributed by atoms with Gasteiger partial charge in [-0.25, -0.2) is 0 Å². The Hall–Kier alpha value is -2.27. The van der Waals surface area contributed by atoms with Crippen molar-refractivity contribution in [1.82, 2.24) is 19.7 Å². The molecule has 0 radical (unpaired) electrons. The Balaban J connectivity index is 1.95. The second-order valence-electron chi connectivity index (χ2n) is 4.72. The summed E-state index contributed by atoms with van der Waals surface area (Å²) >= 11 is 0. The van der Waals surface area contributed by atoms with Gasteiger partial charge in [-0.3, -0.25) is 14.6 Å². The van der Waals surface area contributed by atoms with E-state index in [9.17, 15) is 0 Å². The highest BCUT2D eigenvalue weighted by Crippen LogP contribution is 2.22. The lowest BCUT2D eigenvalue weighted by Crippen LogP contribution is -2.15. The van der Waals surface area contributed by atoms with Crippen LogP contribution in [-0.2, 0) is 13.0 Å². The monoisotopic (exact) mass is 267 g/mol. The summed E-state index contributed by atoms with van der Waals surface area (Å²) < 4.78 is 2.01. The van der Waals surface area contributed by atoms with E-state index in [1.807, 2.05) is 16.8 Å². The van der Waals surface area contributed by atoms with Crippen molar-refractivity contribution in [3.63, 3.8) is 0 Å². The smallest absolute Gasteiger partial charge is 0.0757 e. The molecular weight excluding hydrogens is 250 g/mol. The molecule has 3 rings (SSSR count). The minimum absolute atomic E-state index is 0.188. The van der Waals surface area contributed by atoms with Crippen LogP contribution in [-0.4, -0.2) is 19.7 Å². The number of fused-ring (bicyclic) bond motifs is 1. The standard InChI is InChI=1S/C15H17N5/c1-2-20-15-6-4-3-5-11(15)13(19-20)9-12(16)14-10-17-7-8-18-14/h3-8,10,12H,2,9,16H2,1H3. The van der Waals surface area contributed by atoms with E-state index in [2.05, 4.69) is 34.1 Å². The zero-order valence-electron chi connectivity index (χ0n) is 11.4. The molecule has 20 heavy (non-hydrogen) atoms. The highest BCUT2D eigenvalue weighted by atomic mass is 15.3. The molecule has 0 amide bonds. The number of aryl methyl sites for hydroxylation is 1. The topological polar surface area (TPSA) is 69.6 Å². The lowest BCUT2D eigenvalue weighted by molar-refractivity contribution is 0.633. The minimum atomic E-state index is -0.188. The van der Waals surface area contributed by atoms with Gasteiger partial charge in [0.25, 0.3) is 0 Å². The minimum Gasteiger partial charge on any atom is -0.322 e. The predicted molar refractivity (Wildman–Crippen MR) is 78.1 cm³/mol. The number of hydrogen-bond acceptors (Lipinski definition) is 4. The second-order valence-corrected chi connectivity index (χ2v) is 4.72. The molecule has 0 bridgehead atoms. The molecule has 5 nitrogen and oxygen atoms in total. The van der Waals surface area contributed by atoms with E-state index in [4.69, 9.17) is 5.73 Å². The first-order valence-electron chi connectivity index (χ1n) is 6.75. The molecule has 0 spiro atoms. The summed E-state index contributed by atoms with van der Waals surface area (Å²) in [6.45, 7) is 2.94. The molecule has 0 aliphatic carbocycles. The first kappa shape index (κ1) is 12.7. The first-order chi connectivity index (χ1) is 9.79. The fourth-order valence-electron chi connectivity index (χ4n) is 2.40. The van der Waals surface area contributed by atoms with Crippen molar-refractivity contribution < 1.29 is 0 Å². The Morgan fingerprint density at radius 2 is 2.10 bits per heavy atom. The molecule has 1 aromatic carbocycles. The quantitative estimate of drug-likeness (QED) is 0.785. The summed E-state index contributed by atoms with van der Waals surface area (Å²) in [5, 5.41) is 5.82. The van der Waals surface area contributed by atoms with Gasteiger partial charge in [-0.15, -0.1) is 0 Å². The van der Waals surface area contributed by atoms with Crippen LogP contribution in [0.3, 0.4) is 0 Å². The fraction of sp³-hybridized carbons (Fsp3) is 0.267. The van der Waals surface area contributed by atoms with E-state index < -0.39 is 0 Å². The molecule has 3 aromatic rings. The maximum absolute atomic E-state index is 6.22. The van der Waals surface area contributed by atoms with Crippen LogP contribution in [0.1, 0.15) is 24.4 Å². The van der Waals surface area contributed by atoms with Gasteiger partial charge in [-0.1, -0.05) is 18.2 Å². The van der Waals surface area contributed by atoms with Crippen LogP contribution in [0.4, 0.5) is 0 Å². The summed E-state index contributed by atoms with van der Waals surface area (Å²) in [6, 6.07) is 8.05. The summed E-state index contributed by atoms with van der Waals surface area (Å²) in [6.07, 6.45) is 5.69. The second kappa shape index (κ2) is 5.38. The number of aromatic nitrogens is 4. The van der Waals surface area contributed by atoms with Gasteiger partial charge in [0.2, 0.25) is 0 Å². The summed E-state index contributed by atoms with van der Waals surface area (Å²) in [7, 11) is 0. The van der Waals surface area contributed by atoms with Crippen molar-refractivity contribution in [2.75, 3.05) is 0 Å². The number of para-hydroxylation sites is 1. The van der Waals surface area contributed by atoms with E-state index in [0.717, 1.165) is 28.8 Å². The Bertz CT molecular complexity index is 705. The Morgan fingerprint density at radius 3 is 2.85 bits per heavy atom. The zero-order valence-corrected chi connectivity index (χ0v) is 11.4. The molecule has 2 heterocycles. The van der Waals surface area contributed by atoms with Crippen LogP contribution in [0.15, 0.2) is 42.9 Å². The van der Waals surface area contributed by atoms with Crippen molar-refractivity contribution in [1.29, 1.82) is 0 Å². The maximum atomic E-state index is 6.22. The van der Waals surface area contributed by atoms with Gasteiger partial charge in [0.1, 0.15) is 0 Å². The SMILES string of the molecule is CCn1nc(CC(N)c2cnccn2)c2ccccc21. The number of nitrogens with zero attached hydrogens (tertiary/aromatic N) is 4. The summed E-state index contributed by atoms with van der Waals surface area (Å²) in [5.41, 5.74) is 9.17. The first-order valence-corrected chi connectivity index (χ1v) is 6.75. The van der Waals surface area contributed by atoms with Gasteiger partial charge in [-0.05, 0) is 13.0 Å². The number of benzene rings is 1. The van der Waals surface area contributed by atoms with Crippen LogP contribution in [0.5, 0.6) is 0 Å². The van der Waals surface area contributed by atoms with Crippen molar-refractivity contribution in [2.45, 2.75) is 25.9 Å². The van der Waals surface area contributed by atoms with Crippen molar-refractivity contribution in [3.8, 4) is 0 Å². The van der Waals surface area contributed by atoms with Crippen molar-refractivity contribution >= 4 is 10.9 Å². The Labute approximate surface area is 117 Å². The highest BCUT2D eigenvalue weighted by molar-refractivity contribution is 5.82. The van der Waals surface area contributed by atoms with Crippen molar-refractivity contribution in [2.24, 2.45) is 5.73 Å². The molecule has 0 aliphatic heterocycles. The summed E-state index contributed by atoms with van der Waals surface area (Å²) in [5.74, 6) is 0. The average Bonchev–Trinajstić information content (AvgIpc) is 2.86. The Morgan fingerprint density at radius 1 is 1.25 bits per heavy atom. The average molecular weight is 267 g/mol. The molecule has 5 heteroatoms. The maximum Gasteiger partial charge on any atom is 0.0757 e. The van der Waals surface area contributed by atoms with Gasteiger partial charge in [0, 0.05) is 36.9 Å². The molecule has 0 aliphatic rings. The molecule has 0 saturated heterocycles. The fourth-order valence-corrected chi connectivity index (χ4v) is 2.40. The third-order valence-electron chi connectivity index (χ3n) is 3.41. The third kappa shape index (κ3) is 2.28. The van der Waals surface area contributed by atoms with Gasteiger partial charge in [-0.2, -0.15) is 5.10 Å². The van der Waals surface area contributed by atoms with Gasteiger partial charge >= 0.3 is 0 Å². The molecule has 1 atom stereocenters. The highest BCUT2D eigenvalue weighted by Gasteiger charge is 2.14. The molecule has 2 N–H and O–H groups in total. The van der Waals surface area contributed by atoms with Crippen LogP contribution in [0.25, 0.3) is 10.9 Å². The number of rotatable bonds is 4. The van der Waals surface area contributed by atoms with E-state index in [-0.39, 0.29) is 6.04 Å². The van der Waals surface area contributed by atoms with Crippen LogP contribution >= 0.6 is 0 Å². The molecular formula is C15H17N5. The molecule has 0 fully saturated rings. The van der Waals surface area contributed by atoms with Crippen LogP contribution in [0.2, 0.25) is 0 Å². The van der Waals surface area contributed by atoms with E-state index >= 15 is 0 Å². The zero-order chi connectivity index (χ0) is 13.9. The van der Waals surface area contributed by atoms with E-state index in [1.165, 1.54) is 0 Å². The predicted octanol–water partition coefficient (Wildman–Crippen LogP) is 2.09. The van der Waals surface area contributed by atoms with E-state index in [1.54, 1.807) is 18.6 Å². The number of nitrogens with two attached hydrogens (primary N) is 1. The van der Waals surface area contributed by atoms with Crippen molar-refractivity contribution in [3.05, 3.63) is 54.2 Å². The van der Waals surface area contributed by atoms with Crippen LogP contribution in [0, 0.1) is 0 Å². The molecule has 102 valence electrons. The van der Waals surface area contributed by atoms with Gasteiger partial charge in [0.05, 0.1) is 22.9 Å². The lowest BCUT2D eigenvalue weighted by Gasteiger charge is -2.08. The lowest BCUT2D eigenvalue weighted by atomic mass is 10.1. The van der Waals surface area contributed by atoms with E-state index in [0.29, 0.717) is 6.42 Å². The van der Waals surface area contributed by atoms with Gasteiger partial charge in [0.15, 0.2) is 0 Å². The Kier molecular flexibility index (Phi) is 3.43. The van der Waals surface area contributed by atoms with Crippen LogP contribution < -0.4 is 5.73 Å². The molecule has 1 unspecified atom stereocenters. The molecule has 0 saturated carbocycles. The summed E-state index contributed by atoms with van der Waals surface area (Å²) in [4.78, 5) is 8.32. The molecule has 2 aromatic heterocycles. The number of hydrogen-bond donors (Lipinski definition) is 1. The normalized spacial score (nSPS) is 12.7. The third-order valence-corrected chi connectivity index (χ3v) is 3.41. The largest absolute Gasteiger partial charge is 0.322 e. The van der Waals surface area contributed by atoms with Gasteiger partial charge < -0.3 is 5.73 Å².